The van der Waals surface area contributed by atoms with Gasteiger partial charge in [0.05, 0.1) is 5.41 Å². The fraction of sp³-hybridized carbons (Fsp3) is 0.923. The van der Waals surface area contributed by atoms with Crippen LogP contribution in [0.25, 0.3) is 0 Å². The molecule has 2 aliphatic rings. The molecule has 1 heterocycles. The van der Waals surface area contributed by atoms with E-state index in [1.165, 1.54) is 12.8 Å². The van der Waals surface area contributed by atoms with E-state index in [2.05, 4.69) is 17.9 Å². The second-order valence-corrected chi connectivity index (χ2v) is 6.22. The van der Waals surface area contributed by atoms with E-state index in [1.807, 2.05) is 0 Å². The Balaban J connectivity index is 1.91. The Morgan fingerprint density at radius 1 is 1.35 bits per heavy atom. The van der Waals surface area contributed by atoms with E-state index in [9.17, 15) is 9.90 Å². The summed E-state index contributed by atoms with van der Waals surface area (Å²) in [7, 11) is 0. The molecule has 3 nitrogen and oxygen atoms in total. The van der Waals surface area contributed by atoms with E-state index in [0.29, 0.717) is 5.92 Å². The third-order valence-corrected chi connectivity index (χ3v) is 5.37. The first-order valence-electron chi connectivity index (χ1n) is 6.77. The van der Waals surface area contributed by atoms with Crippen molar-refractivity contribution in [1.29, 1.82) is 0 Å². The van der Waals surface area contributed by atoms with Gasteiger partial charge < -0.3 is 10.4 Å². The van der Waals surface area contributed by atoms with Crippen LogP contribution in [0.15, 0.2) is 0 Å². The first-order chi connectivity index (χ1) is 8.15. The molecule has 4 heteroatoms. The zero-order valence-electron chi connectivity index (χ0n) is 10.3. The molecule has 1 saturated heterocycles. The minimum atomic E-state index is -0.621. The van der Waals surface area contributed by atoms with Crippen LogP contribution in [-0.4, -0.2) is 29.4 Å². The van der Waals surface area contributed by atoms with Gasteiger partial charge in [0.15, 0.2) is 0 Å². The summed E-state index contributed by atoms with van der Waals surface area (Å²) in [5.74, 6) is 0.0949. The molecule has 0 spiro atoms. The number of rotatable bonds is 4. The molecule has 1 aliphatic carbocycles. The molecule has 2 N–H and O–H groups in total. The van der Waals surface area contributed by atoms with Gasteiger partial charge in [-0.25, -0.2) is 0 Å². The molecule has 0 bridgehead atoms. The number of carboxylic acids is 1. The van der Waals surface area contributed by atoms with Gasteiger partial charge in [-0.2, -0.15) is 12.6 Å². The Kier molecular flexibility index (Phi) is 4.36. The average Bonchev–Trinajstić information content (AvgIpc) is 2.71. The van der Waals surface area contributed by atoms with Gasteiger partial charge in [-0.1, -0.05) is 6.42 Å². The van der Waals surface area contributed by atoms with Gasteiger partial charge in [0.25, 0.3) is 0 Å². The lowest BCUT2D eigenvalue weighted by Gasteiger charge is -2.31. The molecular formula is C13H23NO2S. The van der Waals surface area contributed by atoms with E-state index in [-0.39, 0.29) is 5.25 Å². The van der Waals surface area contributed by atoms with Gasteiger partial charge in [-0.05, 0) is 57.5 Å². The molecule has 98 valence electrons. The minimum absolute atomic E-state index is 0.0571. The van der Waals surface area contributed by atoms with Crippen molar-refractivity contribution in [2.24, 2.45) is 11.3 Å². The molecule has 2 atom stereocenters. The van der Waals surface area contributed by atoms with Crippen LogP contribution in [0.4, 0.5) is 0 Å². The molecule has 1 aliphatic heterocycles. The summed E-state index contributed by atoms with van der Waals surface area (Å²) in [6.45, 7) is 2.18. The molecule has 0 aromatic carbocycles. The number of carbonyl (C=O) groups is 1. The molecule has 0 amide bonds. The predicted octanol–water partition coefficient (Wildman–Crippen LogP) is 2.32. The van der Waals surface area contributed by atoms with Crippen molar-refractivity contribution in [3.8, 4) is 0 Å². The number of aliphatic carboxylic acids is 1. The van der Waals surface area contributed by atoms with E-state index in [0.717, 1.165) is 45.2 Å². The SMILES string of the molecule is O=C(O)C1(CCC2CCNCC2)CCCC1S. The Hall–Kier alpha value is -0.220. The van der Waals surface area contributed by atoms with Crippen LogP contribution in [0.2, 0.25) is 0 Å². The van der Waals surface area contributed by atoms with Crippen molar-refractivity contribution in [3.05, 3.63) is 0 Å². The predicted molar refractivity (Wildman–Crippen MR) is 71.5 cm³/mol. The first kappa shape index (κ1) is 13.2. The summed E-state index contributed by atoms with van der Waals surface area (Å²) < 4.78 is 0. The monoisotopic (exact) mass is 257 g/mol. The summed E-state index contributed by atoms with van der Waals surface area (Å²) in [6.07, 6.45) is 7.09. The van der Waals surface area contributed by atoms with Crippen molar-refractivity contribution in [2.45, 2.75) is 50.2 Å². The van der Waals surface area contributed by atoms with Gasteiger partial charge in [0.2, 0.25) is 0 Å². The van der Waals surface area contributed by atoms with Crippen LogP contribution in [0, 0.1) is 11.3 Å². The third-order valence-electron chi connectivity index (χ3n) is 4.62. The van der Waals surface area contributed by atoms with E-state index in [1.54, 1.807) is 0 Å². The lowest BCUT2D eigenvalue weighted by atomic mass is 9.77. The lowest BCUT2D eigenvalue weighted by molar-refractivity contribution is -0.148. The second kappa shape index (κ2) is 5.61. The fourth-order valence-corrected chi connectivity index (χ4v) is 3.89. The van der Waals surface area contributed by atoms with Gasteiger partial charge in [-0.3, -0.25) is 4.79 Å². The van der Waals surface area contributed by atoms with Gasteiger partial charge in [0.1, 0.15) is 0 Å². The van der Waals surface area contributed by atoms with Crippen molar-refractivity contribution in [1.82, 2.24) is 5.32 Å². The number of thiol groups is 1. The van der Waals surface area contributed by atoms with Crippen LogP contribution in [0.1, 0.15) is 44.9 Å². The Morgan fingerprint density at radius 2 is 2.06 bits per heavy atom. The zero-order chi connectivity index (χ0) is 12.3. The Bertz CT molecular complexity index is 279. The number of hydrogen-bond donors (Lipinski definition) is 3. The highest BCUT2D eigenvalue weighted by Gasteiger charge is 2.47. The van der Waals surface area contributed by atoms with E-state index >= 15 is 0 Å². The normalized spacial score (nSPS) is 35.0. The molecule has 0 aromatic heterocycles. The van der Waals surface area contributed by atoms with Crippen molar-refractivity contribution >= 4 is 18.6 Å². The first-order valence-corrected chi connectivity index (χ1v) is 7.29. The number of nitrogens with one attached hydrogen (secondary N) is 1. The van der Waals surface area contributed by atoms with Crippen molar-refractivity contribution < 1.29 is 9.90 Å². The van der Waals surface area contributed by atoms with Crippen LogP contribution >= 0.6 is 12.6 Å². The second-order valence-electron chi connectivity index (χ2n) is 5.60. The number of carboxylic acid groups (broad SMARTS) is 1. The van der Waals surface area contributed by atoms with Crippen molar-refractivity contribution in [3.63, 3.8) is 0 Å². The standard InChI is InChI=1S/C13H23NO2S/c15-12(16)13(6-1-2-11(13)17)7-3-10-4-8-14-9-5-10/h10-11,14,17H,1-9H2,(H,15,16). The molecule has 2 rings (SSSR count). The van der Waals surface area contributed by atoms with Crippen LogP contribution < -0.4 is 5.32 Å². The number of piperidine rings is 1. The zero-order valence-corrected chi connectivity index (χ0v) is 11.2. The smallest absolute Gasteiger partial charge is 0.310 e. The van der Waals surface area contributed by atoms with Crippen molar-refractivity contribution in [2.75, 3.05) is 13.1 Å². The van der Waals surface area contributed by atoms with Gasteiger partial charge in [-0.15, -0.1) is 0 Å². The van der Waals surface area contributed by atoms with Crippen LogP contribution in [0.5, 0.6) is 0 Å². The number of hydrogen-bond acceptors (Lipinski definition) is 3. The largest absolute Gasteiger partial charge is 0.481 e. The highest BCUT2D eigenvalue weighted by molar-refractivity contribution is 7.81. The van der Waals surface area contributed by atoms with Crippen LogP contribution in [0.3, 0.4) is 0 Å². The van der Waals surface area contributed by atoms with Crippen LogP contribution in [-0.2, 0) is 4.79 Å². The molecule has 17 heavy (non-hydrogen) atoms. The average molecular weight is 257 g/mol. The fourth-order valence-electron chi connectivity index (χ4n) is 3.33. The maximum Gasteiger partial charge on any atom is 0.310 e. The summed E-state index contributed by atoms with van der Waals surface area (Å²) in [5.41, 5.74) is -0.534. The third kappa shape index (κ3) is 2.79. The molecule has 0 aromatic rings. The molecule has 1 saturated carbocycles. The Morgan fingerprint density at radius 3 is 2.59 bits per heavy atom. The maximum atomic E-state index is 11.5. The minimum Gasteiger partial charge on any atom is -0.481 e. The quantitative estimate of drug-likeness (QED) is 0.677. The summed E-state index contributed by atoms with van der Waals surface area (Å²) >= 11 is 4.52. The summed E-state index contributed by atoms with van der Waals surface area (Å²) in [5, 5.41) is 12.9. The lowest BCUT2D eigenvalue weighted by Crippen LogP contribution is -2.37. The van der Waals surface area contributed by atoms with Gasteiger partial charge in [0, 0.05) is 5.25 Å². The van der Waals surface area contributed by atoms with E-state index in [4.69, 9.17) is 0 Å². The molecular weight excluding hydrogens is 234 g/mol. The van der Waals surface area contributed by atoms with Gasteiger partial charge >= 0.3 is 5.97 Å². The molecule has 0 radical (unpaired) electrons. The summed E-state index contributed by atoms with van der Waals surface area (Å²) in [4.78, 5) is 11.5. The van der Waals surface area contributed by atoms with E-state index < -0.39 is 11.4 Å². The Labute approximate surface area is 109 Å². The maximum absolute atomic E-state index is 11.5. The summed E-state index contributed by atoms with van der Waals surface area (Å²) in [6, 6.07) is 0. The molecule has 2 fully saturated rings. The topological polar surface area (TPSA) is 49.3 Å². The molecule has 2 unspecified atom stereocenters. The highest BCUT2D eigenvalue weighted by atomic mass is 32.1. The highest BCUT2D eigenvalue weighted by Crippen LogP contribution is 2.46.